The average molecular weight is 266 g/mol. The molecule has 1 N–H and O–H groups in total. The molecule has 19 heavy (non-hydrogen) atoms. The van der Waals surface area contributed by atoms with E-state index in [1.165, 1.54) is 77.3 Å². The van der Waals surface area contributed by atoms with Gasteiger partial charge >= 0.3 is 0 Å². The molecule has 0 aromatic carbocycles. The van der Waals surface area contributed by atoms with Crippen LogP contribution in [-0.2, 0) is 0 Å². The Morgan fingerprint density at radius 3 is 2.42 bits per heavy atom. The zero-order valence-corrected chi connectivity index (χ0v) is 13.2. The molecule has 3 unspecified atom stereocenters. The fourth-order valence-corrected chi connectivity index (χ4v) is 4.04. The van der Waals surface area contributed by atoms with E-state index in [1.807, 2.05) is 0 Å². The van der Waals surface area contributed by atoms with Gasteiger partial charge in [0, 0.05) is 18.1 Å². The standard InChI is InChI=1S/C17H34N2/c1-3-13-18-16-11-6-4-5-7-12-17(16)19-14-9-8-10-15(19)2/h15-18H,3-14H2,1-2H3. The third-order valence-electron chi connectivity index (χ3n) is 5.17. The van der Waals surface area contributed by atoms with Crippen LogP contribution in [0.4, 0.5) is 0 Å². The molecule has 0 aromatic heterocycles. The van der Waals surface area contributed by atoms with Gasteiger partial charge in [-0.1, -0.05) is 39.0 Å². The van der Waals surface area contributed by atoms with Crippen molar-refractivity contribution >= 4 is 0 Å². The third-order valence-corrected chi connectivity index (χ3v) is 5.17. The number of hydrogen-bond donors (Lipinski definition) is 1. The molecule has 2 nitrogen and oxygen atoms in total. The van der Waals surface area contributed by atoms with E-state index in [0.29, 0.717) is 0 Å². The van der Waals surface area contributed by atoms with Crippen molar-refractivity contribution in [2.45, 2.75) is 96.2 Å². The monoisotopic (exact) mass is 266 g/mol. The zero-order valence-electron chi connectivity index (χ0n) is 13.2. The normalized spacial score (nSPS) is 34.7. The van der Waals surface area contributed by atoms with E-state index < -0.39 is 0 Å². The molecular weight excluding hydrogens is 232 g/mol. The maximum atomic E-state index is 3.87. The van der Waals surface area contributed by atoms with E-state index in [0.717, 1.165) is 18.1 Å². The van der Waals surface area contributed by atoms with Crippen molar-refractivity contribution in [3.8, 4) is 0 Å². The fourth-order valence-electron chi connectivity index (χ4n) is 4.04. The van der Waals surface area contributed by atoms with Crippen molar-refractivity contribution in [2.75, 3.05) is 13.1 Å². The molecule has 112 valence electrons. The molecule has 0 aromatic rings. The Kier molecular flexibility index (Phi) is 6.66. The number of hydrogen-bond acceptors (Lipinski definition) is 2. The zero-order chi connectivity index (χ0) is 13.5. The minimum atomic E-state index is 0.751. The SMILES string of the molecule is CCCNC1CCCCCCC1N1CCCCC1C. The first kappa shape index (κ1) is 15.3. The predicted octanol–water partition coefficient (Wildman–Crippen LogP) is 3.95. The van der Waals surface area contributed by atoms with Gasteiger partial charge in [0.05, 0.1) is 0 Å². The summed E-state index contributed by atoms with van der Waals surface area (Å²) < 4.78 is 0. The van der Waals surface area contributed by atoms with Gasteiger partial charge < -0.3 is 5.32 Å². The first-order chi connectivity index (χ1) is 9.33. The Morgan fingerprint density at radius 1 is 0.947 bits per heavy atom. The molecule has 0 spiro atoms. The van der Waals surface area contributed by atoms with E-state index in [-0.39, 0.29) is 0 Å². The first-order valence-electron chi connectivity index (χ1n) is 8.82. The lowest BCUT2D eigenvalue weighted by molar-refractivity contribution is 0.0676. The third kappa shape index (κ3) is 4.46. The fraction of sp³-hybridized carbons (Fsp3) is 1.00. The van der Waals surface area contributed by atoms with Crippen LogP contribution < -0.4 is 5.32 Å². The molecule has 2 fully saturated rings. The molecular formula is C17H34N2. The molecule has 1 aliphatic heterocycles. The Balaban J connectivity index is 2.00. The Morgan fingerprint density at radius 2 is 1.68 bits per heavy atom. The van der Waals surface area contributed by atoms with Crippen molar-refractivity contribution in [3.05, 3.63) is 0 Å². The quantitative estimate of drug-likeness (QED) is 0.829. The highest BCUT2D eigenvalue weighted by Gasteiger charge is 2.31. The molecule has 1 heterocycles. The van der Waals surface area contributed by atoms with Gasteiger partial charge in [-0.3, -0.25) is 4.90 Å². The molecule has 1 saturated carbocycles. The number of likely N-dealkylation sites (tertiary alicyclic amines) is 1. The molecule has 2 heteroatoms. The van der Waals surface area contributed by atoms with Gasteiger partial charge in [0.1, 0.15) is 0 Å². The predicted molar refractivity (Wildman–Crippen MR) is 83.6 cm³/mol. The van der Waals surface area contributed by atoms with Crippen LogP contribution >= 0.6 is 0 Å². The second kappa shape index (κ2) is 8.26. The highest BCUT2D eigenvalue weighted by molar-refractivity contribution is 4.89. The maximum absolute atomic E-state index is 3.87. The van der Waals surface area contributed by atoms with Crippen molar-refractivity contribution in [2.24, 2.45) is 0 Å². The second-order valence-electron chi connectivity index (χ2n) is 6.70. The number of rotatable bonds is 4. The van der Waals surface area contributed by atoms with Crippen LogP contribution in [0.3, 0.4) is 0 Å². The minimum absolute atomic E-state index is 0.751. The van der Waals surface area contributed by atoms with Gasteiger partial charge in [0.15, 0.2) is 0 Å². The molecule has 0 radical (unpaired) electrons. The molecule has 0 amide bonds. The van der Waals surface area contributed by atoms with Gasteiger partial charge in [-0.15, -0.1) is 0 Å². The van der Waals surface area contributed by atoms with Crippen molar-refractivity contribution in [1.29, 1.82) is 0 Å². The maximum Gasteiger partial charge on any atom is 0.0252 e. The summed E-state index contributed by atoms with van der Waals surface area (Å²) in [4.78, 5) is 2.85. The van der Waals surface area contributed by atoms with Crippen LogP contribution in [0, 0.1) is 0 Å². The lowest BCUT2D eigenvalue weighted by Crippen LogP contribution is -2.55. The van der Waals surface area contributed by atoms with Crippen molar-refractivity contribution in [3.63, 3.8) is 0 Å². The Bertz CT molecular complexity index is 239. The smallest absolute Gasteiger partial charge is 0.0252 e. The second-order valence-corrected chi connectivity index (χ2v) is 6.70. The molecule has 0 bridgehead atoms. The van der Waals surface area contributed by atoms with E-state index in [2.05, 4.69) is 24.1 Å². The van der Waals surface area contributed by atoms with Crippen LogP contribution in [0.2, 0.25) is 0 Å². The molecule has 2 aliphatic rings. The van der Waals surface area contributed by atoms with Gasteiger partial charge in [-0.25, -0.2) is 0 Å². The van der Waals surface area contributed by atoms with Gasteiger partial charge in [0.25, 0.3) is 0 Å². The number of nitrogens with one attached hydrogen (secondary N) is 1. The van der Waals surface area contributed by atoms with Gasteiger partial charge in [0.2, 0.25) is 0 Å². The summed E-state index contributed by atoms with van der Waals surface area (Å²) >= 11 is 0. The van der Waals surface area contributed by atoms with E-state index in [1.54, 1.807) is 0 Å². The number of piperidine rings is 1. The lowest BCUT2D eigenvalue weighted by Gasteiger charge is -2.44. The van der Waals surface area contributed by atoms with Crippen molar-refractivity contribution < 1.29 is 0 Å². The highest BCUT2D eigenvalue weighted by atomic mass is 15.2. The summed E-state index contributed by atoms with van der Waals surface area (Å²) in [6.45, 7) is 7.28. The minimum Gasteiger partial charge on any atom is -0.312 e. The average Bonchev–Trinajstić information content (AvgIpc) is 2.39. The molecule has 2 rings (SSSR count). The van der Waals surface area contributed by atoms with Crippen LogP contribution in [0.15, 0.2) is 0 Å². The van der Waals surface area contributed by atoms with E-state index in [4.69, 9.17) is 0 Å². The largest absolute Gasteiger partial charge is 0.312 e. The number of nitrogens with zero attached hydrogens (tertiary/aromatic N) is 1. The van der Waals surface area contributed by atoms with Gasteiger partial charge in [-0.05, 0) is 52.1 Å². The molecule has 3 atom stereocenters. The highest BCUT2D eigenvalue weighted by Crippen LogP contribution is 2.27. The van der Waals surface area contributed by atoms with Crippen LogP contribution in [-0.4, -0.2) is 36.1 Å². The topological polar surface area (TPSA) is 15.3 Å². The van der Waals surface area contributed by atoms with Crippen LogP contribution in [0.5, 0.6) is 0 Å². The summed E-state index contributed by atoms with van der Waals surface area (Å²) in [5.74, 6) is 0. The lowest BCUT2D eigenvalue weighted by atomic mass is 9.88. The molecule has 1 aliphatic carbocycles. The summed E-state index contributed by atoms with van der Waals surface area (Å²) in [7, 11) is 0. The Hall–Kier alpha value is -0.0800. The summed E-state index contributed by atoms with van der Waals surface area (Å²) in [6.07, 6.45) is 14.1. The van der Waals surface area contributed by atoms with E-state index >= 15 is 0 Å². The Labute approximate surface area is 120 Å². The molecule has 1 saturated heterocycles. The van der Waals surface area contributed by atoms with Crippen LogP contribution in [0.25, 0.3) is 0 Å². The van der Waals surface area contributed by atoms with Crippen molar-refractivity contribution in [1.82, 2.24) is 10.2 Å². The van der Waals surface area contributed by atoms with Crippen LogP contribution in [0.1, 0.15) is 78.1 Å². The summed E-state index contributed by atoms with van der Waals surface area (Å²) in [5, 5.41) is 3.87. The first-order valence-corrected chi connectivity index (χ1v) is 8.82. The van der Waals surface area contributed by atoms with E-state index in [9.17, 15) is 0 Å². The summed E-state index contributed by atoms with van der Waals surface area (Å²) in [6, 6.07) is 2.37. The summed E-state index contributed by atoms with van der Waals surface area (Å²) in [5.41, 5.74) is 0. The van der Waals surface area contributed by atoms with Gasteiger partial charge in [-0.2, -0.15) is 0 Å².